The van der Waals surface area contributed by atoms with Gasteiger partial charge in [-0.05, 0) is 47.4 Å². The largest absolute Gasteiger partial charge is 0.508 e. The number of fused-ring (bicyclic) bond motifs is 1. The van der Waals surface area contributed by atoms with E-state index in [0.717, 1.165) is 28.8 Å². The Morgan fingerprint density at radius 2 is 1.70 bits per heavy atom. The number of anilines is 1. The number of hydrazine groups is 1. The van der Waals surface area contributed by atoms with E-state index < -0.39 is 12.2 Å². The highest BCUT2D eigenvalue weighted by Crippen LogP contribution is 2.30. The van der Waals surface area contributed by atoms with Crippen molar-refractivity contribution in [3.8, 4) is 5.75 Å². The number of amides is 5. The van der Waals surface area contributed by atoms with Crippen molar-refractivity contribution in [1.82, 2.24) is 25.1 Å². The normalized spacial score (nSPS) is 20.2. The minimum atomic E-state index is -0.880. The van der Waals surface area contributed by atoms with Gasteiger partial charge in [0.2, 0.25) is 17.7 Å². The third kappa shape index (κ3) is 6.45. The molecule has 3 fully saturated rings. The molecule has 6 rings (SSSR count). The molecular formula is C35H38N6O5. The summed E-state index contributed by atoms with van der Waals surface area (Å²) in [6.45, 7) is 5.29. The lowest BCUT2D eigenvalue weighted by Gasteiger charge is -2.55. The number of phenols is 1. The number of carbonyl (C=O) groups excluding carboxylic acids is 4. The number of piperazine rings is 1. The van der Waals surface area contributed by atoms with Gasteiger partial charge in [-0.15, -0.1) is 6.58 Å². The van der Waals surface area contributed by atoms with Gasteiger partial charge < -0.3 is 25.1 Å². The molecule has 3 saturated heterocycles. The van der Waals surface area contributed by atoms with Crippen LogP contribution < -0.4 is 10.2 Å². The van der Waals surface area contributed by atoms with Crippen LogP contribution >= 0.6 is 0 Å². The third-order valence-electron chi connectivity index (χ3n) is 8.70. The fraction of sp³-hybridized carbons (Fsp3) is 0.314. The van der Waals surface area contributed by atoms with Crippen molar-refractivity contribution in [1.29, 1.82) is 0 Å². The van der Waals surface area contributed by atoms with E-state index in [2.05, 4.69) is 11.9 Å². The van der Waals surface area contributed by atoms with E-state index in [1.807, 2.05) is 54.6 Å². The van der Waals surface area contributed by atoms with E-state index in [4.69, 9.17) is 0 Å². The maximum atomic E-state index is 14.3. The van der Waals surface area contributed by atoms with Crippen LogP contribution in [-0.4, -0.2) is 87.1 Å². The van der Waals surface area contributed by atoms with Gasteiger partial charge in [-0.2, -0.15) is 0 Å². The van der Waals surface area contributed by atoms with Gasteiger partial charge in [0.15, 0.2) is 0 Å². The van der Waals surface area contributed by atoms with Crippen molar-refractivity contribution in [2.45, 2.75) is 44.6 Å². The smallest absolute Gasteiger partial charge is 0.334 e. The number of nitrogens with one attached hydrogen (secondary N) is 1. The van der Waals surface area contributed by atoms with Gasteiger partial charge in [-0.1, -0.05) is 60.7 Å². The van der Waals surface area contributed by atoms with Crippen molar-refractivity contribution in [2.75, 3.05) is 31.1 Å². The Morgan fingerprint density at radius 1 is 0.935 bits per heavy atom. The van der Waals surface area contributed by atoms with Crippen molar-refractivity contribution in [3.63, 3.8) is 0 Å². The number of urea groups is 1. The molecule has 0 radical (unpaired) electrons. The van der Waals surface area contributed by atoms with Crippen LogP contribution in [0.1, 0.15) is 29.5 Å². The number of hydrogen-bond donors (Lipinski definition) is 2. The summed E-state index contributed by atoms with van der Waals surface area (Å²) in [5.74, 6) is -0.312. The minimum Gasteiger partial charge on any atom is -0.508 e. The summed E-state index contributed by atoms with van der Waals surface area (Å²) >= 11 is 0. The maximum Gasteiger partial charge on any atom is 0.334 e. The van der Waals surface area contributed by atoms with Crippen molar-refractivity contribution in [3.05, 3.63) is 108 Å². The molecule has 0 saturated carbocycles. The van der Waals surface area contributed by atoms with E-state index >= 15 is 0 Å². The predicted octanol–water partition coefficient (Wildman–Crippen LogP) is 3.26. The lowest BCUT2D eigenvalue weighted by atomic mass is 9.98. The quantitative estimate of drug-likeness (QED) is 0.354. The Balaban J connectivity index is 1.33. The number of hydrogen-bond acceptors (Lipinski definition) is 6. The maximum absolute atomic E-state index is 14.3. The second-order valence-electron chi connectivity index (χ2n) is 11.8. The second kappa shape index (κ2) is 13.5. The van der Waals surface area contributed by atoms with Crippen molar-refractivity contribution < 1.29 is 24.3 Å². The lowest BCUT2D eigenvalue weighted by Crippen LogP contribution is -2.76. The van der Waals surface area contributed by atoms with E-state index in [-0.39, 0.29) is 62.1 Å². The zero-order valence-electron chi connectivity index (χ0n) is 25.6. The van der Waals surface area contributed by atoms with Gasteiger partial charge in [-0.3, -0.25) is 14.4 Å². The van der Waals surface area contributed by atoms with Crippen molar-refractivity contribution >= 4 is 29.4 Å². The highest BCUT2D eigenvalue weighted by molar-refractivity contribution is 5.95. The summed E-state index contributed by atoms with van der Waals surface area (Å²) in [6.07, 6.45) is 2.40. The summed E-state index contributed by atoms with van der Waals surface area (Å²) in [6, 6.07) is 22.5. The van der Waals surface area contributed by atoms with Crippen LogP contribution in [0.2, 0.25) is 0 Å². The zero-order valence-corrected chi connectivity index (χ0v) is 25.6. The molecular weight excluding hydrogens is 584 g/mol. The zero-order chi connectivity index (χ0) is 32.2. The van der Waals surface area contributed by atoms with Gasteiger partial charge >= 0.3 is 6.03 Å². The molecule has 11 heteroatoms. The van der Waals surface area contributed by atoms with Crippen LogP contribution in [-0.2, 0) is 33.9 Å². The molecule has 0 aliphatic carbocycles. The molecule has 0 aromatic heterocycles. The first kappa shape index (κ1) is 30.8. The number of carbonyl (C=O) groups is 4. The summed E-state index contributed by atoms with van der Waals surface area (Å²) in [7, 11) is 0. The predicted molar refractivity (Wildman–Crippen MR) is 172 cm³/mol. The number of rotatable bonds is 9. The average Bonchev–Trinajstić information content (AvgIpc) is 3.49. The monoisotopic (exact) mass is 622 g/mol. The second-order valence-corrected chi connectivity index (χ2v) is 11.8. The molecule has 46 heavy (non-hydrogen) atoms. The van der Waals surface area contributed by atoms with Gasteiger partial charge in [0.25, 0.3) is 0 Å². The first-order valence-corrected chi connectivity index (χ1v) is 15.6. The summed E-state index contributed by atoms with van der Waals surface area (Å²) in [5, 5.41) is 16.1. The average molecular weight is 623 g/mol. The van der Waals surface area contributed by atoms with E-state index in [1.165, 1.54) is 0 Å². The fourth-order valence-corrected chi connectivity index (χ4v) is 6.52. The van der Waals surface area contributed by atoms with Gasteiger partial charge in [0, 0.05) is 44.7 Å². The highest BCUT2D eigenvalue weighted by atomic mass is 16.3. The lowest BCUT2D eigenvalue weighted by molar-refractivity contribution is -0.189. The first-order valence-electron chi connectivity index (χ1n) is 15.6. The van der Waals surface area contributed by atoms with Crippen LogP contribution in [0.5, 0.6) is 5.75 Å². The molecule has 11 nitrogen and oxygen atoms in total. The molecule has 238 valence electrons. The Hall–Kier alpha value is -5.16. The SMILES string of the molecule is C=CCN1CC(=O)N2C(CN(Cc3cccc(N4CCCC4=O)c3)C(=O)[C@@H]2Cc2ccc(O)cc2)N1C(=O)NCc1ccccc1. The molecule has 2 atom stereocenters. The van der Waals surface area contributed by atoms with Crippen LogP contribution in [0.15, 0.2) is 91.5 Å². The van der Waals surface area contributed by atoms with E-state index in [0.29, 0.717) is 19.5 Å². The third-order valence-corrected chi connectivity index (χ3v) is 8.70. The summed E-state index contributed by atoms with van der Waals surface area (Å²) < 4.78 is 0. The minimum absolute atomic E-state index is 0.0796. The molecule has 3 aromatic carbocycles. The standard InChI is InChI=1S/C35H38N6O5/c1-2-17-38-24-33(44)40-30(20-25-13-15-29(42)16-14-25)34(45)37(22-27-10-6-11-28(19-27)39-18-7-12-32(39)43)23-31(40)41(38)35(46)36-21-26-8-4-3-5-9-26/h2-6,8-11,13-16,19,30-31,42H,1,7,12,17-18,20-24H2,(H,36,46)/t30-,31?/m0/s1. The molecule has 5 amide bonds. The Morgan fingerprint density at radius 3 is 2.41 bits per heavy atom. The Labute approximate surface area is 268 Å². The van der Waals surface area contributed by atoms with E-state index in [1.54, 1.807) is 55.1 Å². The van der Waals surface area contributed by atoms with E-state index in [9.17, 15) is 24.3 Å². The number of aromatic hydroxyl groups is 1. The van der Waals surface area contributed by atoms with Crippen LogP contribution in [0, 0.1) is 0 Å². The van der Waals surface area contributed by atoms with Gasteiger partial charge in [0.1, 0.15) is 18.0 Å². The molecule has 1 unspecified atom stereocenters. The number of phenolic OH excluding ortho intramolecular Hbond substituents is 1. The molecule has 3 aliphatic rings. The topological polar surface area (TPSA) is 117 Å². The highest BCUT2D eigenvalue weighted by Gasteiger charge is 2.51. The van der Waals surface area contributed by atoms with Gasteiger partial charge in [-0.25, -0.2) is 14.8 Å². The molecule has 2 N–H and O–H groups in total. The number of benzene rings is 3. The summed E-state index contributed by atoms with van der Waals surface area (Å²) in [5.41, 5.74) is 3.33. The van der Waals surface area contributed by atoms with Crippen LogP contribution in [0.4, 0.5) is 10.5 Å². The van der Waals surface area contributed by atoms with Gasteiger partial charge in [0.05, 0.1) is 13.1 Å². The Kier molecular flexibility index (Phi) is 9.02. The van der Waals surface area contributed by atoms with Crippen molar-refractivity contribution in [2.24, 2.45) is 0 Å². The van der Waals surface area contributed by atoms with Crippen LogP contribution in [0.3, 0.4) is 0 Å². The molecule has 3 aromatic rings. The Bertz CT molecular complexity index is 1610. The van der Waals surface area contributed by atoms with Crippen LogP contribution in [0.25, 0.3) is 0 Å². The number of nitrogens with zero attached hydrogens (tertiary/aromatic N) is 5. The molecule has 3 heterocycles. The molecule has 0 spiro atoms. The molecule has 3 aliphatic heterocycles. The molecule has 0 bridgehead atoms. The summed E-state index contributed by atoms with van der Waals surface area (Å²) in [4.78, 5) is 59.4. The fourth-order valence-electron chi connectivity index (χ4n) is 6.52. The first-order chi connectivity index (χ1) is 22.3.